The molecular weight excluding hydrogens is 252 g/mol. The molecule has 1 fully saturated rings. The summed E-state index contributed by atoms with van der Waals surface area (Å²) in [5.74, 6) is 0.727. The molecule has 1 aromatic rings. The van der Waals surface area contributed by atoms with E-state index in [1.165, 1.54) is 25.7 Å². The van der Waals surface area contributed by atoms with Crippen molar-refractivity contribution in [2.45, 2.75) is 58.5 Å². The van der Waals surface area contributed by atoms with Crippen molar-refractivity contribution in [1.29, 1.82) is 0 Å². The maximum atomic E-state index is 11.8. The molecule has 0 bridgehead atoms. The van der Waals surface area contributed by atoms with Gasteiger partial charge in [0, 0.05) is 31.2 Å². The molecule has 2 rings (SSSR count). The van der Waals surface area contributed by atoms with E-state index in [-0.39, 0.29) is 11.1 Å². The largest absolute Gasteiger partial charge is 0.342 e. The van der Waals surface area contributed by atoms with Crippen LogP contribution in [0.25, 0.3) is 0 Å². The first-order valence-corrected chi connectivity index (χ1v) is 7.54. The van der Waals surface area contributed by atoms with Gasteiger partial charge >= 0.3 is 0 Å². The van der Waals surface area contributed by atoms with E-state index in [1.807, 2.05) is 0 Å². The van der Waals surface area contributed by atoms with Crippen LogP contribution >= 0.6 is 0 Å². The summed E-state index contributed by atoms with van der Waals surface area (Å²) in [6, 6.07) is 1.58. The second kappa shape index (κ2) is 6.39. The van der Waals surface area contributed by atoms with Gasteiger partial charge in [0.1, 0.15) is 0 Å². The summed E-state index contributed by atoms with van der Waals surface area (Å²) >= 11 is 0. The number of nitrogens with zero attached hydrogens (tertiary/aromatic N) is 2. The Morgan fingerprint density at radius 2 is 1.90 bits per heavy atom. The van der Waals surface area contributed by atoms with Crippen LogP contribution in [-0.4, -0.2) is 28.6 Å². The highest BCUT2D eigenvalue weighted by atomic mass is 16.1. The Morgan fingerprint density at radius 3 is 2.50 bits per heavy atom. The van der Waals surface area contributed by atoms with Crippen LogP contribution in [0.2, 0.25) is 0 Å². The Hall–Kier alpha value is -1.36. The maximum absolute atomic E-state index is 11.8. The third-order valence-electron chi connectivity index (χ3n) is 3.49. The van der Waals surface area contributed by atoms with Gasteiger partial charge in [0.15, 0.2) is 0 Å². The zero-order valence-electron chi connectivity index (χ0n) is 12.8. The minimum Gasteiger partial charge on any atom is -0.342 e. The number of H-pyrrole nitrogens is 1. The number of rotatable bonds is 3. The van der Waals surface area contributed by atoms with Crippen molar-refractivity contribution in [3.8, 4) is 0 Å². The van der Waals surface area contributed by atoms with E-state index in [4.69, 9.17) is 0 Å². The zero-order valence-corrected chi connectivity index (χ0v) is 12.8. The molecule has 2 heterocycles. The number of hydrogen-bond donors (Lipinski definition) is 2. The second-order valence-corrected chi connectivity index (χ2v) is 6.57. The van der Waals surface area contributed by atoms with Gasteiger partial charge in [-0.15, -0.1) is 0 Å². The number of aromatic amines is 1. The minimum atomic E-state index is -0.0649. The van der Waals surface area contributed by atoms with Crippen LogP contribution in [-0.2, 0) is 6.54 Å². The molecule has 0 aliphatic carbocycles. The first kappa shape index (κ1) is 15.0. The summed E-state index contributed by atoms with van der Waals surface area (Å²) < 4.78 is 0. The Morgan fingerprint density at radius 1 is 1.25 bits per heavy atom. The third-order valence-corrected chi connectivity index (χ3v) is 3.49. The lowest BCUT2D eigenvalue weighted by Gasteiger charge is -2.23. The molecule has 0 spiro atoms. The van der Waals surface area contributed by atoms with Gasteiger partial charge in [-0.25, -0.2) is 4.98 Å². The number of anilines is 1. The molecule has 0 unspecified atom stereocenters. The van der Waals surface area contributed by atoms with E-state index in [9.17, 15) is 4.79 Å². The highest BCUT2D eigenvalue weighted by Crippen LogP contribution is 2.14. The Balaban J connectivity index is 2.13. The standard InChI is InChI=1S/C15H26N4O/c1-15(2,3)16-11-12-10-13(20)18-14(17-12)19-8-6-4-5-7-9-19/h10,16H,4-9,11H2,1-3H3,(H,17,18,20). The van der Waals surface area contributed by atoms with Gasteiger partial charge in [0.25, 0.3) is 5.56 Å². The summed E-state index contributed by atoms with van der Waals surface area (Å²) in [4.78, 5) is 21.5. The van der Waals surface area contributed by atoms with Crippen LogP contribution in [0.15, 0.2) is 10.9 Å². The van der Waals surface area contributed by atoms with Gasteiger partial charge < -0.3 is 10.2 Å². The van der Waals surface area contributed by atoms with Gasteiger partial charge in [-0.2, -0.15) is 0 Å². The van der Waals surface area contributed by atoms with Crippen LogP contribution in [0.3, 0.4) is 0 Å². The van der Waals surface area contributed by atoms with Crippen molar-refractivity contribution in [2.24, 2.45) is 0 Å². The molecule has 0 aromatic carbocycles. The van der Waals surface area contributed by atoms with Gasteiger partial charge in [-0.1, -0.05) is 12.8 Å². The van der Waals surface area contributed by atoms with Crippen molar-refractivity contribution in [1.82, 2.24) is 15.3 Å². The molecule has 5 heteroatoms. The average Bonchev–Trinajstić information content (AvgIpc) is 2.64. The van der Waals surface area contributed by atoms with Crippen molar-refractivity contribution in [3.63, 3.8) is 0 Å². The monoisotopic (exact) mass is 278 g/mol. The second-order valence-electron chi connectivity index (χ2n) is 6.57. The minimum absolute atomic E-state index is 0.0209. The highest BCUT2D eigenvalue weighted by Gasteiger charge is 2.14. The molecule has 2 N–H and O–H groups in total. The van der Waals surface area contributed by atoms with Crippen molar-refractivity contribution < 1.29 is 0 Å². The van der Waals surface area contributed by atoms with Crippen molar-refractivity contribution in [2.75, 3.05) is 18.0 Å². The van der Waals surface area contributed by atoms with Crippen molar-refractivity contribution in [3.05, 3.63) is 22.1 Å². The fourth-order valence-corrected chi connectivity index (χ4v) is 2.37. The number of hydrogen-bond acceptors (Lipinski definition) is 4. The van der Waals surface area contributed by atoms with Crippen LogP contribution in [0.4, 0.5) is 5.95 Å². The normalized spacial score (nSPS) is 17.1. The first-order valence-electron chi connectivity index (χ1n) is 7.54. The summed E-state index contributed by atoms with van der Waals surface area (Å²) in [5, 5.41) is 3.37. The molecule has 0 atom stereocenters. The van der Waals surface area contributed by atoms with Gasteiger partial charge in [-0.05, 0) is 33.6 Å². The maximum Gasteiger partial charge on any atom is 0.252 e. The first-order chi connectivity index (χ1) is 9.44. The molecule has 1 aliphatic heterocycles. The lowest BCUT2D eigenvalue weighted by atomic mass is 10.1. The molecule has 0 saturated carbocycles. The van der Waals surface area contributed by atoms with E-state index < -0.39 is 0 Å². The van der Waals surface area contributed by atoms with Crippen LogP contribution in [0.5, 0.6) is 0 Å². The summed E-state index contributed by atoms with van der Waals surface area (Å²) in [7, 11) is 0. The fourth-order valence-electron chi connectivity index (χ4n) is 2.37. The molecule has 1 aliphatic rings. The summed E-state index contributed by atoms with van der Waals surface area (Å²) in [6.07, 6.45) is 4.89. The fraction of sp³-hybridized carbons (Fsp3) is 0.733. The highest BCUT2D eigenvalue weighted by molar-refractivity contribution is 5.30. The molecule has 5 nitrogen and oxygen atoms in total. The Kier molecular flexibility index (Phi) is 4.81. The third kappa shape index (κ3) is 4.63. The van der Waals surface area contributed by atoms with Gasteiger partial charge in [0.05, 0.1) is 5.69 Å². The van der Waals surface area contributed by atoms with E-state index in [2.05, 4.69) is 41.0 Å². The van der Waals surface area contributed by atoms with Crippen LogP contribution in [0, 0.1) is 0 Å². The van der Waals surface area contributed by atoms with Crippen molar-refractivity contribution >= 4 is 5.95 Å². The van der Waals surface area contributed by atoms with E-state index >= 15 is 0 Å². The predicted molar refractivity (Wildman–Crippen MR) is 82.1 cm³/mol. The van der Waals surface area contributed by atoms with Crippen LogP contribution < -0.4 is 15.8 Å². The molecule has 20 heavy (non-hydrogen) atoms. The molecule has 1 saturated heterocycles. The SMILES string of the molecule is CC(C)(C)NCc1cc(=O)[nH]c(N2CCCCCC2)n1. The molecular formula is C15H26N4O. The summed E-state index contributed by atoms with van der Waals surface area (Å²) in [5.41, 5.74) is 0.764. The van der Waals surface area contributed by atoms with Gasteiger partial charge in [-0.3, -0.25) is 9.78 Å². The van der Waals surface area contributed by atoms with E-state index in [0.29, 0.717) is 6.54 Å². The summed E-state index contributed by atoms with van der Waals surface area (Å²) in [6.45, 7) is 8.91. The lowest BCUT2D eigenvalue weighted by molar-refractivity contribution is 0.421. The quantitative estimate of drug-likeness (QED) is 0.888. The molecule has 1 aromatic heterocycles. The number of nitrogens with one attached hydrogen (secondary N) is 2. The lowest BCUT2D eigenvalue weighted by Crippen LogP contribution is -2.36. The van der Waals surface area contributed by atoms with E-state index in [0.717, 1.165) is 24.7 Å². The van der Waals surface area contributed by atoms with E-state index in [1.54, 1.807) is 6.07 Å². The smallest absolute Gasteiger partial charge is 0.252 e. The Bertz CT molecular complexity index is 481. The zero-order chi connectivity index (χ0) is 14.6. The predicted octanol–water partition coefficient (Wildman–Crippen LogP) is 2.04. The topological polar surface area (TPSA) is 61.0 Å². The van der Waals surface area contributed by atoms with Gasteiger partial charge in [0.2, 0.25) is 5.95 Å². The molecule has 112 valence electrons. The van der Waals surface area contributed by atoms with Crippen LogP contribution in [0.1, 0.15) is 52.1 Å². The average molecular weight is 278 g/mol. The number of aromatic nitrogens is 2. The molecule has 0 amide bonds. The Labute approximate surface area is 120 Å². The molecule has 0 radical (unpaired) electrons.